The van der Waals surface area contributed by atoms with E-state index in [9.17, 15) is 0 Å². The van der Waals surface area contributed by atoms with Crippen molar-refractivity contribution in [2.24, 2.45) is 0 Å². The van der Waals surface area contributed by atoms with Gasteiger partial charge in [0.2, 0.25) is 5.95 Å². The highest BCUT2D eigenvalue weighted by Gasteiger charge is 2.15. The summed E-state index contributed by atoms with van der Waals surface area (Å²) in [7, 11) is 3.21. The van der Waals surface area contributed by atoms with Gasteiger partial charge < -0.3 is 20.1 Å². The van der Waals surface area contributed by atoms with Gasteiger partial charge in [0, 0.05) is 28.7 Å². The minimum absolute atomic E-state index is 0.423. The Labute approximate surface area is 185 Å². The van der Waals surface area contributed by atoms with E-state index in [4.69, 9.17) is 19.4 Å². The molecule has 0 bridgehead atoms. The Morgan fingerprint density at radius 1 is 0.688 bits per heavy atom. The smallest absolute Gasteiger partial charge is 0.230 e. The molecule has 32 heavy (non-hydrogen) atoms. The molecule has 0 saturated heterocycles. The molecule has 0 aliphatic rings. The first-order valence-electron chi connectivity index (χ1n) is 10.1. The normalized spacial score (nSPS) is 10.8. The van der Waals surface area contributed by atoms with Crippen LogP contribution in [-0.2, 0) is 0 Å². The lowest BCUT2D eigenvalue weighted by molar-refractivity contribution is 0.356. The average Bonchev–Trinajstić information content (AvgIpc) is 2.84. The van der Waals surface area contributed by atoms with Crippen molar-refractivity contribution < 1.29 is 9.47 Å². The van der Waals surface area contributed by atoms with E-state index < -0.39 is 0 Å². The van der Waals surface area contributed by atoms with E-state index in [0.29, 0.717) is 34.6 Å². The summed E-state index contributed by atoms with van der Waals surface area (Å²) in [4.78, 5) is 14.0. The summed E-state index contributed by atoms with van der Waals surface area (Å²) < 4.78 is 11.0. The molecule has 0 saturated carbocycles. The highest BCUT2D eigenvalue weighted by atomic mass is 16.5. The fourth-order valence-electron chi connectivity index (χ4n) is 3.59. The Balaban J connectivity index is 1.65. The first kappa shape index (κ1) is 19.6. The molecule has 5 aromatic rings. The zero-order chi connectivity index (χ0) is 21.9. The average molecular weight is 423 g/mol. The van der Waals surface area contributed by atoms with Gasteiger partial charge in [0.15, 0.2) is 11.5 Å². The number of anilines is 4. The van der Waals surface area contributed by atoms with E-state index in [1.165, 1.54) is 0 Å². The molecule has 158 valence electrons. The number of nitrogens with zero attached hydrogens (tertiary/aromatic N) is 3. The second kappa shape index (κ2) is 8.39. The summed E-state index contributed by atoms with van der Waals surface area (Å²) >= 11 is 0. The number of hydrogen-bond donors (Lipinski definition) is 2. The zero-order valence-electron chi connectivity index (χ0n) is 17.7. The van der Waals surface area contributed by atoms with Gasteiger partial charge in [0.1, 0.15) is 11.6 Å². The Kier molecular flexibility index (Phi) is 5.13. The summed E-state index contributed by atoms with van der Waals surface area (Å²) in [6.45, 7) is 0. The Bertz CT molecular complexity index is 1400. The SMILES string of the molecule is COc1cc2nc(Nc3nccc4ccccc34)nc(Nc3ccccc3)c2cc1OC. The van der Waals surface area contributed by atoms with Crippen LogP contribution in [0.25, 0.3) is 21.7 Å². The Morgan fingerprint density at radius 3 is 2.25 bits per heavy atom. The van der Waals surface area contributed by atoms with Crippen molar-refractivity contribution in [3.05, 3.63) is 79.0 Å². The molecule has 0 amide bonds. The Morgan fingerprint density at radius 2 is 1.44 bits per heavy atom. The number of hydrogen-bond acceptors (Lipinski definition) is 7. The van der Waals surface area contributed by atoms with Crippen molar-refractivity contribution in [1.29, 1.82) is 0 Å². The molecule has 7 heteroatoms. The minimum Gasteiger partial charge on any atom is -0.493 e. The van der Waals surface area contributed by atoms with Crippen molar-refractivity contribution in [2.75, 3.05) is 24.9 Å². The quantitative estimate of drug-likeness (QED) is 0.363. The van der Waals surface area contributed by atoms with Crippen molar-refractivity contribution >= 4 is 44.9 Å². The van der Waals surface area contributed by atoms with Crippen molar-refractivity contribution in [3.63, 3.8) is 0 Å². The second-order valence-electron chi connectivity index (χ2n) is 7.12. The molecule has 2 N–H and O–H groups in total. The molecular weight excluding hydrogens is 402 g/mol. The first-order chi connectivity index (χ1) is 15.7. The van der Waals surface area contributed by atoms with Crippen molar-refractivity contribution in [1.82, 2.24) is 15.0 Å². The molecule has 0 atom stereocenters. The lowest BCUT2D eigenvalue weighted by Gasteiger charge is -2.15. The van der Waals surface area contributed by atoms with Gasteiger partial charge >= 0.3 is 0 Å². The summed E-state index contributed by atoms with van der Waals surface area (Å²) in [5.41, 5.74) is 1.62. The number of rotatable bonds is 6. The number of fused-ring (bicyclic) bond motifs is 2. The number of nitrogens with one attached hydrogen (secondary N) is 2. The molecule has 0 spiro atoms. The standard InChI is InChI=1S/C25H21N5O2/c1-31-21-14-19-20(15-22(21)32-2)28-25(30-24(19)27-17-9-4-3-5-10-17)29-23-18-11-7-6-8-16(18)12-13-26-23/h3-15H,1-2H3,(H2,26,27,28,29,30). The molecule has 5 rings (SSSR count). The van der Waals surface area contributed by atoms with E-state index in [1.54, 1.807) is 20.4 Å². The second-order valence-corrected chi connectivity index (χ2v) is 7.12. The third-order valence-corrected chi connectivity index (χ3v) is 5.14. The number of methoxy groups -OCH3 is 2. The summed E-state index contributed by atoms with van der Waals surface area (Å²) in [5.74, 6) is 2.96. The van der Waals surface area contributed by atoms with Crippen LogP contribution in [0.15, 0.2) is 79.0 Å². The number of para-hydroxylation sites is 1. The predicted octanol–water partition coefficient (Wildman–Crippen LogP) is 5.68. The maximum atomic E-state index is 5.49. The van der Waals surface area contributed by atoms with Gasteiger partial charge in [0.25, 0.3) is 0 Å². The third-order valence-electron chi connectivity index (χ3n) is 5.14. The van der Waals surface area contributed by atoms with Crippen LogP contribution in [0, 0.1) is 0 Å². The molecule has 2 heterocycles. The fourth-order valence-corrected chi connectivity index (χ4v) is 3.59. The van der Waals surface area contributed by atoms with E-state index in [1.807, 2.05) is 72.8 Å². The van der Waals surface area contributed by atoms with E-state index in [-0.39, 0.29) is 0 Å². The van der Waals surface area contributed by atoms with Crippen LogP contribution in [-0.4, -0.2) is 29.2 Å². The monoisotopic (exact) mass is 423 g/mol. The highest BCUT2D eigenvalue weighted by molar-refractivity contribution is 5.96. The molecular formula is C25H21N5O2. The van der Waals surface area contributed by atoms with E-state index in [0.717, 1.165) is 21.8 Å². The lowest BCUT2D eigenvalue weighted by Crippen LogP contribution is -2.04. The first-order valence-corrected chi connectivity index (χ1v) is 10.1. The van der Waals surface area contributed by atoms with Crippen LogP contribution in [0.2, 0.25) is 0 Å². The number of aromatic nitrogens is 3. The molecule has 0 aliphatic carbocycles. The van der Waals surface area contributed by atoms with Crippen LogP contribution in [0.1, 0.15) is 0 Å². The van der Waals surface area contributed by atoms with Gasteiger partial charge in [0.05, 0.1) is 19.7 Å². The van der Waals surface area contributed by atoms with E-state index >= 15 is 0 Å². The van der Waals surface area contributed by atoms with Crippen LogP contribution in [0.4, 0.5) is 23.3 Å². The van der Waals surface area contributed by atoms with Gasteiger partial charge in [-0.25, -0.2) is 9.97 Å². The third kappa shape index (κ3) is 3.72. The molecule has 0 radical (unpaired) electrons. The van der Waals surface area contributed by atoms with E-state index in [2.05, 4.69) is 15.6 Å². The summed E-state index contributed by atoms with van der Waals surface area (Å²) in [5, 5.41) is 9.56. The maximum absolute atomic E-state index is 5.49. The largest absolute Gasteiger partial charge is 0.493 e. The number of benzene rings is 3. The highest BCUT2D eigenvalue weighted by Crippen LogP contribution is 2.36. The van der Waals surface area contributed by atoms with Gasteiger partial charge in [-0.1, -0.05) is 42.5 Å². The molecule has 0 unspecified atom stereocenters. The van der Waals surface area contributed by atoms with Gasteiger partial charge in [-0.2, -0.15) is 4.98 Å². The molecule has 0 fully saturated rings. The van der Waals surface area contributed by atoms with Gasteiger partial charge in [-0.05, 0) is 29.7 Å². The Hall–Kier alpha value is -4.39. The number of pyridine rings is 1. The van der Waals surface area contributed by atoms with Gasteiger partial charge in [-0.3, -0.25) is 0 Å². The number of ether oxygens (including phenoxy) is 2. The minimum atomic E-state index is 0.423. The molecule has 3 aromatic carbocycles. The molecule has 7 nitrogen and oxygen atoms in total. The predicted molar refractivity (Wildman–Crippen MR) is 127 cm³/mol. The maximum Gasteiger partial charge on any atom is 0.230 e. The summed E-state index contributed by atoms with van der Waals surface area (Å²) in [6.07, 6.45) is 1.77. The fraction of sp³-hybridized carbons (Fsp3) is 0.0800. The van der Waals surface area contributed by atoms with Crippen LogP contribution in [0.3, 0.4) is 0 Å². The molecule has 0 aliphatic heterocycles. The van der Waals surface area contributed by atoms with Gasteiger partial charge in [-0.15, -0.1) is 0 Å². The van der Waals surface area contributed by atoms with Crippen LogP contribution < -0.4 is 20.1 Å². The van der Waals surface area contributed by atoms with Crippen molar-refractivity contribution in [2.45, 2.75) is 0 Å². The summed E-state index contributed by atoms with van der Waals surface area (Å²) in [6, 6.07) is 23.6. The lowest BCUT2D eigenvalue weighted by atomic mass is 10.1. The topological polar surface area (TPSA) is 81.2 Å². The zero-order valence-corrected chi connectivity index (χ0v) is 17.7. The van der Waals surface area contributed by atoms with Crippen molar-refractivity contribution in [3.8, 4) is 11.5 Å². The molecule has 2 aromatic heterocycles. The van der Waals surface area contributed by atoms with Crippen LogP contribution >= 0.6 is 0 Å². The van der Waals surface area contributed by atoms with Crippen LogP contribution in [0.5, 0.6) is 11.5 Å².